The predicted octanol–water partition coefficient (Wildman–Crippen LogP) is 16.0. The van der Waals surface area contributed by atoms with Crippen LogP contribution in [0.1, 0.15) is 31.8 Å². The van der Waals surface area contributed by atoms with Gasteiger partial charge in [-0.3, -0.25) is 9.59 Å². The molecule has 0 aliphatic heterocycles. The molecule has 0 unspecified atom stereocenters. The van der Waals surface area contributed by atoms with Gasteiger partial charge in [-0.15, -0.1) is 0 Å². The Labute approximate surface area is 369 Å². The van der Waals surface area contributed by atoms with Gasteiger partial charge in [0, 0.05) is 44.5 Å². The van der Waals surface area contributed by atoms with Crippen LogP contribution in [0.25, 0.3) is 109 Å². The predicted molar refractivity (Wildman–Crippen MR) is 267 cm³/mol. The lowest BCUT2D eigenvalue weighted by atomic mass is 9.69. The molecular weight excluding hydrogens is 777 g/mol. The number of hydrogen-bond acceptors (Lipinski definition) is 2. The van der Waals surface area contributed by atoms with E-state index in [0.29, 0.717) is 22.3 Å². The van der Waals surface area contributed by atoms with Crippen molar-refractivity contribution in [3.63, 3.8) is 0 Å². The highest BCUT2D eigenvalue weighted by molar-refractivity contribution is 6.45. The van der Waals surface area contributed by atoms with Crippen LogP contribution in [0.3, 0.4) is 0 Å². The molecule has 64 heavy (non-hydrogen) atoms. The lowest BCUT2D eigenvalue weighted by Crippen LogP contribution is -2.25. The fourth-order valence-electron chi connectivity index (χ4n) is 11.1. The Balaban J connectivity index is 1.35. The maximum absolute atomic E-state index is 16.9. The maximum atomic E-state index is 16.9. The molecule has 0 bridgehead atoms. The minimum atomic E-state index is -0.157. The monoisotopic (exact) mass is 812 g/mol. The molecule has 0 amide bonds. The Bertz CT molecular complexity index is 3430. The first kappa shape index (κ1) is 36.2. The second-order valence-corrected chi connectivity index (χ2v) is 16.8. The summed E-state index contributed by atoms with van der Waals surface area (Å²) in [5, 5.41) is 12.4. The third-order valence-electron chi connectivity index (χ3n) is 13.5. The fraction of sp³-hybridized carbons (Fsp3) is 0. The van der Waals surface area contributed by atoms with E-state index in [2.05, 4.69) is 146 Å². The number of rotatable bonds is 4. The van der Waals surface area contributed by atoms with Gasteiger partial charge in [0.25, 0.3) is 0 Å². The molecule has 2 nitrogen and oxygen atoms in total. The van der Waals surface area contributed by atoms with Crippen LogP contribution in [0.4, 0.5) is 0 Å². The molecule has 0 aromatic heterocycles. The van der Waals surface area contributed by atoms with Gasteiger partial charge in [-0.1, -0.05) is 218 Å². The maximum Gasteiger partial charge on any atom is 0.195 e. The van der Waals surface area contributed by atoms with Crippen LogP contribution in [-0.2, 0) is 0 Å². The summed E-state index contributed by atoms with van der Waals surface area (Å²) in [5.74, 6) is -0.315. The lowest BCUT2D eigenvalue weighted by Gasteiger charge is -2.31. The largest absolute Gasteiger partial charge is 0.289 e. The van der Waals surface area contributed by atoms with Crippen molar-refractivity contribution in [1.29, 1.82) is 0 Å². The molecule has 0 heterocycles. The van der Waals surface area contributed by atoms with Crippen LogP contribution in [-0.4, -0.2) is 11.6 Å². The van der Waals surface area contributed by atoms with Crippen LogP contribution >= 0.6 is 0 Å². The molecular formula is C62H36O2. The van der Waals surface area contributed by atoms with E-state index in [0.717, 1.165) is 109 Å². The van der Waals surface area contributed by atoms with E-state index in [-0.39, 0.29) is 11.6 Å². The SMILES string of the molecule is O=C1c2c(c(-c3ccccc3)c3c4ccccc4c4ccccc4c3c2-c2ccccc2)C(=O)c2c1c(-c1ccccc1)c1c3ccccc3c3ccccc3c1c2-c1ccccc1. The highest BCUT2D eigenvalue weighted by Gasteiger charge is 2.42. The van der Waals surface area contributed by atoms with Gasteiger partial charge < -0.3 is 0 Å². The van der Waals surface area contributed by atoms with Gasteiger partial charge in [0.2, 0.25) is 0 Å². The molecule has 296 valence electrons. The van der Waals surface area contributed by atoms with E-state index < -0.39 is 0 Å². The Morgan fingerprint density at radius 2 is 0.344 bits per heavy atom. The Kier molecular flexibility index (Phi) is 7.94. The number of ketones is 2. The molecule has 0 fully saturated rings. The van der Waals surface area contributed by atoms with E-state index in [9.17, 15) is 0 Å². The second kappa shape index (κ2) is 14.0. The summed E-state index contributed by atoms with van der Waals surface area (Å²) in [6.07, 6.45) is 0. The molecule has 0 saturated heterocycles. The summed E-state index contributed by atoms with van der Waals surface area (Å²) < 4.78 is 0. The minimum absolute atomic E-state index is 0.157. The average Bonchev–Trinajstić information content (AvgIpc) is 3.37. The van der Waals surface area contributed by atoms with Crippen molar-refractivity contribution in [3.05, 3.63) is 241 Å². The molecule has 0 N–H and O–H groups in total. The molecule has 12 aromatic carbocycles. The third-order valence-corrected chi connectivity index (χ3v) is 13.5. The second-order valence-electron chi connectivity index (χ2n) is 16.8. The van der Waals surface area contributed by atoms with Crippen LogP contribution in [0, 0.1) is 0 Å². The molecule has 12 aromatic rings. The summed E-state index contributed by atoms with van der Waals surface area (Å²) in [4.78, 5) is 33.9. The van der Waals surface area contributed by atoms with Crippen molar-refractivity contribution in [2.24, 2.45) is 0 Å². The highest BCUT2D eigenvalue weighted by atomic mass is 16.1. The number of carbonyl (C=O) groups excluding carboxylic acids is 2. The van der Waals surface area contributed by atoms with E-state index in [4.69, 9.17) is 0 Å². The molecule has 0 atom stereocenters. The number of carbonyl (C=O) groups is 2. The van der Waals surface area contributed by atoms with Crippen molar-refractivity contribution in [1.82, 2.24) is 0 Å². The van der Waals surface area contributed by atoms with Crippen molar-refractivity contribution >= 4 is 76.2 Å². The summed E-state index contributed by atoms with van der Waals surface area (Å²) in [6, 6.07) is 75.0. The van der Waals surface area contributed by atoms with E-state index >= 15 is 9.59 Å². The molecule has 1 aliphatic carbocycles. The Morgan fingerprint density at radius 3 is 0.547 bits per heavy atom. The van der Waals surface area contributed by atoms with Crippen molar-refractivity contribution < 1.29 is 9.59 Å². The van der Waals surface area contributed by atoms with Gasteiger partial charge in [-0.25, -0.2) is 0 Å². The van der Waals surface area contributed by atoms with Crippen molar-refractivity contribution in [3.8, 4) is 44.5 Å². The topological polar surface area (TPSA) is 34.1 Å². The normalized spacial score (nSPS) is 12.4. The van der Waals surface area contributed by atoms with Gasteiger partial charge in [-0.2, -0.15) is 0 Å². The smallest absolute Gasteiger partial charge is 0.195 e. The number of hydrogen-bond donors (Lipinski definition) is 0. The van der Waals surface area contributed by atoms with Gasteiger partial charge in [0.1, 0.15) is 0 Å². The van der Waals surface area contributed by atoms with Crippen molar-refractivity contribution in [2.45, 2.75) is 0 Å². The Hall–Kier alpha value is -8.46. The third kappa shape index (κ3) is 5.02. The van der Waals surface area contributed by atoms with E-state index in [1.807, 2.05) is 72.8 Å². The van der Waals surface area contributed by atoms with Crippen LogP contribution in [0.5, 0.6) is 0 Å². The highest BCUT2D eigenvalue weighted by Crippen LogP contribution is 2.55. The van der Waals surface area contributed by atoms with Gasteiger partial charge in [0.15, 0.2) is 11.6 Å². The molecule has 13 rings (SSSR count). The van der Waals surface area contributed by atoms with E-state index in [1.54, 1.807) is 0 Å². The first-order chi connectivity index (χ1) is 31.7. The van der Waals surface area contributed by atoms with Gasteiger partial charge >= 0.3 is 0 Å². The summed E-state index contributed by atoms with van der Waals surface area (Å²) >= 11 is 0. The number of fused-ring (bicyclic) bond motifs is 14. The summed E-state index contributed by atoms with van der Waals surface area (Å²) in [5.41, 5.74) is 8.41. The van der Waals surface area contributed by atoms with Crippen LogP contribution in [0.15, 0.2) is 218 Å². The first-order valence-electron chi connectivity index (χ1n) is 21.9. The zero-order valence-corrected chi connectivity index (χ0v) is 34.6. The average molecular weight is 813 g/mol. The quantitative estimate of drug-likeness (QED) is 0.166. The molecule has 0 saturated carbocycles. The zero-order valence-electron chi connectivity index (χ0n) is 34.6. The summed E-state index contributed by atoms with van der Waals surface area (Å²) in [7, 11) is 0. The Morgan fingerprint density at radius 1 is 0.172 bits per heavy atom. The molecule has 0 spiro atoms. The van der Waals surface area contributed by atoms with Crippen molar-refractivity contribution in [2.75, 3.05) is 0 Å². The lowest BCUT2D eigenvalue weighted by molar-refractivity contribution is 0.0981. The molecule has 1 aliphatic rings. The minimum Gasteiger partial charge on any atom is -0.289 e. The van der Waals surface area contributed by atoms with E-state index in [1.165, 1.54) is 0 Å². The first-order valence-corrected chi connectivity index (χ1v) is 21.9. The fourth-order valence-corrected chi connectivity index (χ4v) is 11.1. The molecule has 0 radical (unpaired) electrons. The zero-order chi connectivity index (χ0) is 42.5. The van der Waals surface area contributed by atoms with Crippen LogP contribution in [0.2, 0.25) is 0 Å². The molecule has 2 heteroatoms. The van der Waals surface area contributed by atoms with Crippen LogP contribution < -0.4 is 0 Å². The number of benzene rings is 12. The summed E-state index contributed by atoms with van der Waals surface area (Å²) in [6.45, 7) is 0. The van der Waals surface area contributed by atoms with Gasteiger partial charge in [0.05, 0.1) is 0 Å². The standard InChI is InChI=1S/C62H36O2/c63-61-57-49(37-21-5-1-6-22-37)53-45-33-17-13-29-41(45)42-30-14-18-34-46(42)54(53)50(38-23-7-2-8-24-38)58(57)62(64)60-52(40-27-11-4-12-28-40)56-48-36-20-16-32-44(48)43-31-15-19-35-47(43)55(56)51(59(60)61)39-25-9-3-10-26-39/h1-36H. The van der Waals surface area contributed by atoms with Gasteiger partial charge in [-0.05, 0) is 86.9 Å².